The zero-order chi connectivity index (χ0) is 29.9. The number of hydrogen-bond donors (Lipinski definition) is 1. The van der Waals surface area contributed by atoms with Crippen LogP contribution in [0, 0.1) is 22.7 Å². The number of hydrogen-bond acceptors (Lipinski definition) is 8. The lowest BCUT2D eigenvalue weighted by Gasteiger charge is -2.60. The Morgan fingerprint density at radius 2 is 1.76 bits per heavy atom. The van der Waals surface area contributed by atoms with Crippen molar-refractivity contribution in [2.24, 2.45) is 22.7 Å². The molecule has 1 aliphatic heterocycles. The lowest BCUT2D eigenvalue weighted by molar-refractivity contribution is -0.253. The van der Waals surface area contributed by atoms with Crippen molar-refractivity contribution < 1.29 is 38.4 Å². The molecule has 8 nitrogen and oxygen atoms in total. The summed E-state index contributed by atoms with van der Waals surface area (Å²) in [6, 6.07) is 9.41. The van der Waals surface area contributed by atoms with Crippen LogP contribution < -0.4 is 0 Å². The summed E-state index contributed by atoms with van der Waals surface area (Å²) >= 11 is 0. The number of aliphatic hydroxyl groups excluding tert-OH is 1. The Hall–Kier alpha value is -3.49. The van der Waals surface area contributed by atoms with Crippen LogP contribution in [0.25, 0.3) is 6.08 Å². The van der Waals surface area contributed by atoms with Gasteiger partial charge in [0.05, 0.1) is 11.5 Å². The smallest absolute Gasteiger partial charge is 0.331 e. The number of carbonyl (C=O) groups is 3. The Balaban J connectivity index is 1.80. The molecule has 1 saturated carbocycles. The first-order valence-electron chi connectivity index (χ1n) is 14.0. The monoisotopic (exact) mass is 564 g/mol. The van der Waals surface area contributed by atoms with Crippen molar-refractivity contribution in [3.8, 4) is 0 Å². The molecule has 2 fully saturated rings. The number of aliphatic hydroxyl groups is 1. The molecule has 0 bridgehead atoms. The van der Waals surface area contributed by atoms with E-state index in [0.29, 0.717) is 24.8 Å². The van der Waals surface area contributed by atoms with Gasteiger partial charge in [-0.1, -0.05) is 68.5 Å². The van der Waals surface area contributed by atoms with E-state index in [1.165, 1.54) is 19.9 Å². The Labute approximate surface area is 241 Å². The summed E-state index contributed by atoms with van der Waals surface area (Å²) in [4.78, 5) is 37.3. The summed E-state index contributed by atoms with van der Waals surface area (Å²) in [5.41, 5.74) is 0.674. The van der Waals surface area contributed by atoms with Crippen molar-refractivity contribution in [1.29, 1.82) is 0 Å². The third-order valence-electron chi connectivity index (χ3n) is 9.06. The first-order valence-corrected chi connectivity index (χ1v) is 14.0. The summed E-state index contributed by atoms with van der Waals surface area (Å²) in [7, 11) is 0. The molecule has 1 aromatic rings. The van der Waals surface area contributed by atoms with Crippen LogP contribution in [0.5, 0.6) is 0 Å². The van der Waals surface area contributed by atoms with E-state index in [2.05, 4.69) is 26.5 Å². The molecule has 0 unspecified atom stereocenters. The molecule has 1 heterocycles. The zero-order valence-electron chi connectivity index (χ0n) is 24.4. The standard InChI is InChI=1S/C33H40O8/c1-7-20(2)15-16-32(6)21(3)17-28(36)33-26(30(38-22(4)34)41-31(33)39-23(5)35)18-25(19-27(32)33)40-29(37)14-13-24-11-9-8-10-12-24/h7-15,18,21,25,27-28,30-31,36H,1,16-17,19H2,2-6H3/b14-13+,20-15+/t21-,25-,27+,28+,30+,31+,32-,33-/m1/s1. The molecule has 8 atom stereocenters. The molecular weight excluding hydrogens is 524 g/mol. The molecule has 1 aromatic carbocycles. The fourth-order valence-corrected chi connectivity index (χ4v) is 6.79. The molecule has 2 aliphatic carbocycles. The van der Waals surface area contributed by atoms with Gasteiger partial charge in [0.25, 0.3) is 0 Å². The Bertz CT molecular complexity index is 1260. The largest absolute Gasteiger partial charge is 0.455 e. The summed E-state index contributed by atoms with van der Waals surface area (Å²) in [5, 5.41) is 11.8. The number of ether oxygens (including phenoxy) is 4. The van der Waals surface area contributed by atoms with Crippen LogP contribution in [-0.2, 0) is 33.3 Å². The lowest BCUT2D eigenvalue weighted by atomic mass is 9.45. The van der Waals surface area contributed by atoms with Crippen LogP contribution in [0.2, 0.25) is 0 Å². The maximum Gasteiger partial charge on any atom is 0.331 e. The Morgan fingerprint density at radius 3 is 2.39 bits per heavy atom. The van der Waals surface area contributed by atoms with Crippen LogP contribution in [0.1, 0.15) is 59.4 Å². The highest BCUT2D eigenvalue weighted by Crippen LogP contribution is 2.67. The first-order chi connectivity index (χ1) is 19.4. The van der Waals surface area contributed by atoms with Gasteiger partial charge in [-0.2, -0.15) is 0 Å². The van der Waals surface area contributed by atoms with Crippen molar-refractivity contribution in [3.63, 3.8) is 0 Å². The van der Waals surface area contributed by atoms with Crippen molar-refractivity contribution in [1.82, 2.24) is 0 Å². The normalized spacial score (nSPS) is 34.7. The van der Waals surface area contributed by atoms with E-state index in [4.69, 9.17) is 18.9 Å². The summed E-state index contributed by atoms with van der Waals surface area (Å²) in [6.45, 7) is 12.6. The van der Waals surface area contributed by atoms with Gasteiger partial charge in [-0.3, -0.25) is 14.3 Å². The molecule has 0 aromatic heterocycles. The fraction of sp³-hybridized carbons (Fsp3) is 0.485. The van der Waals surface area contributed by atoms with Crippen molar-refractivity contribution in [3.05, 3.63) is 77.9 Å². The van der Waals surface area contributed by atoms with Crippen molar-refractivity contribution >= 4 is 24.0 Å². The summed E-state index contributed by atoms with van der Waals surface area (Å²) in [5.74, 6) is -2.04. The van der Waals surface area contributed by atoms with Crippen LogP contribution in [-0.4, -0.2) is 47.8 Å². The van der Waals surface area contributed by atoms with E-state index in [9.17, 15) is 19.5 Å². The molecule has 0 amide bonds. The third-order valence-corrected chi connectivity index (χ3v) is 9.06. The van der Waals surface area contributed by atoms with Crippen molar-refractivity contribution in [2.45, 2.75) is 78.7 Å². The second-order valence-corrected chi connectivity index (χ2v) is 11.6. The minimum atomic E-state index is -1.21. The predicted octanol–water partition coefficient (Wildman–Crippen LogP) is 5.28. The third kappa shape index (κ3) is 5.95. The van der Waals surface area contributed by atoms with Gasteiger partial charge in [0, 0.05) is 25.5 Å². The van der Waals surface area contributed by atoms with E-state index in [0.717, 1.165) is 11.1 Å². The van der Waals surface area contributed by atoms with Crippen LogP contribution in [0.15, 0.2) is 72.4 Å². The molecule has 8 heteroatoms. The van der Waals surface area contributed by atoms with Gasteiger partial charge >= 0.3 is 17.9 Å². The number of carbonyl (C=O) groups excluding carboxylic acids is 3. The zero-order valence-corrected chi connectivity index (χ0v) is 24.4. The number of esters is 3. The van der Waals surface area contributed by atoms with E-state index in [1.807, 2.05) is 37.3 Å². The Morgan fingerprint density at radius 1 is 1.07 bits per heavy atom. The van der Waals surface area contributed by atoms with Crippen molar-refractivity contribution in [2.75, 3.05) is 0 Å². The first kappa shape index (κ1) is 30.5. The quantitative estimate of drug-likeness (QED) is 0.149. The average molecular weight is 565 g/mol. The van der Waals surface area contributed by atoms with Crippen LogP contribution >= 0.6 is 0 Å². The minimum absolute atomic E-state index is 0.0430. The van der Waals surface area contributed by atoms with Gasteiger partial charge in [-0.15, -0.1) is 0 Å². The molecule has 41 heavy (non-hydrogen) atoms. The molecule has 1 N–H and O–H groups in total. The van der Waals surface area contributed by atoms with Gasteiger partial charge in [0.2, 0.25) is 12.6 Å². The SMILES string of the molecule is C=C/C(C)=C/C[C@]1(C)[C@H](C)C[C@H](O)[C@@]23C(=C[C@@H](OC(=O)/C=C/c4ccccc4)C[C@@H]12)[C@@H](OC(C)=O)O[C@@H]3OC(C)=O. The number of benzene rings is 1. The van der Waals surface area contributed by atoms with E-state index < -0.39 is 53.5 Å². The topological polar surface area (TPSA) is 108 Å². The second-order valence-electron chi connectivity index (χ2n) is 11.6. The highest BCUT2D eigenvalue weighted by Gasteiger charge is 2.71. The average Bonchev–Trinajstić information content (AvgIpc) is 3.21. The molecule has 3 aliphatic rings. The van der Waals surface area contributed by atoms with Gasteiger partial charge in [-0.25, -0.2) is 4.79 Å². The van der Waals surface area contributed by atoms with E-state index in [-0.39, 0.29) is 11.8 Å². The minimum Gasteiger partial charge on any atom is -0.455 e. The maximum absolute atomic E-state index is 13.0. The molecule has 1 spiro atoms. The van der Waals surface area contributed by atoms with E-state index >= 15 is 0 Å². The van der Waals surface area contributed by atoms with Gasteiger partial charge in [0.15, 0.2) is 0 Å². The Kier molecular flexibility index (Phi) is 9.04. The highest BCUT2D eigenvalue weighted by molar-refractivity contribution is 5.87. The number of rotatable bonds is 8. The molecule has 1 saturated heterocycles. The number of allylic oxidation sites excluding steroid dienone is 3. The van der Waals surface area contributed by atoms with Crippen LogP contribution in [0.4, 0.5) is 0 Å². The molecule has 4 rings (SSSR count). The molecule has 0 radical (unpaired) electrons. The molecule has 220 valence electrons. The van der Waals surface area contributed by atoms with Crippen LogP contribution in [0.3, 0.4) is 0 Å². The predicted molar refractivity (Wildman–Crippen MR) is 153 cm³/mol. The summed E-state index contributed by atoms with van der Waals surface area (Å²) < 4.78 is 23.3. The summed E-state index contributed by atoms with van der Waals surface area (Å²) in [6.07, 6.45) is 5.97. The van der Waals surface area contributed by atoms with Gasteiger partial charge < -0.3 is 19.3 Å². The van der Waals surface area contributed by atoms with Gasteiger partial charge in [-0.05, 0) is 61.2 Å². The van der Waals surface area contributed by atoms with Gasteiger partial charge in [0.1, 0.15) is 6.10 Å². The maximum atomic E-state index is 13.0. The second kappa shape index (κ2) is 12.2. The fourth-order valence-electron chi connectivity index (χ4n) is 6.79. The van der Waals surface area contributed by atoms with E-state index in [1.54, 1.807) is 18.2 Å². The highest BCUT2D eigenvalue weighted by atomic mass is 16.8. The molecular formula is C33H40O8. The lowest BCUT2D eigenvalue weighted by Crippen LogP contribution is -2.63.